The second-order valence-electron chi connectivity index (χ2n) is 5.16. The first-order valence-electron chi connectivity index (χ1n) is 6.86. The lowest BCUT2D eigenvalue weighted by atomic mass is 9.98. The van der Waals surface area contributed by atoms with Crippen LogP contribution in [0.1, 0.15) is 36.2 Å². The van der Waals surface area contributed by atoms with E-state index in [0.29, 0.717) is 0 Å². The van der Waals surface area contributed by atoms with Crippen LogP contribution < -0.4 is 10.1 Å². The van der Waals surface area contributed by atoms with E-state index in [4.69, 9.17) is 4.74 Å². The maximum atomic E-state index is 12.2. The third-order valence-electron chi connectivity index (χ3n) is 3.56. The molecule has 1 heterocycles. The molecule has 1 saturated carbocycles. The molecule has 0 saturated heterocycles. The van der Waals surface area contributed by atoms with Gasteiger partial charge >= 0.3 is 0 Å². The summed E-state index contributed by atoms with van der Waals surface area (Å²) in [6.07, 6.45) is 0.742. The Labute approximate surface area is 121 Å². The summed E-state index contributed by atoms with van der Waals surface area (Å²) in [4.78, 5) is 16.1. The molecule has 5 nitrogen and oxygen atoms in total. The Morgan fingerprint density at radius 2 is 2.14 bits per heavy atom. The Balaban J connectivity index is 2.03. The SMILES string of the molecule is O=C(NC1(CO)CCCC1)c1cccc(OCC(F)F)n1. The van der Waals surface area contributed by atoms with Gasteiger partial charge in [0.2, 0.25) is 5.88 Å². The summed E-state index contributed by atoms with van der Waals surface area (Å²) in [5, 5.41) is 12.3. The molecular formula is C14H18F2N2O3. The molecule has 0 bridgehead atoms. The summed E-state index contributed by atoms with van der Waals surface area (Å²) < 4.78 is 29.0. The van der Waals surface area contributed by atoms with E-state index in [0.717, 1.165) is 25.7 Å². The van der Waals surface area contributed by atoms with Gasteiger partial charge in [0.05, 0.1) is 12.1 Å². The Kier molecular flexibility index (Phi) is 5.06. The van der Waals surface area contributed by atoms with Gasteiger partial charge in [-0.05, 0) is 18.9 Å². The second-order valence-corrected chi connectivity index (χ2v) is 5.16. The Hall–Kier alpha value is -1.76. The van der Waals surface area contributed by atoms with Crippen molar-refractivity contribution in [1.82, 2.24) is 10.3 Å². The number of nitrogens with zero attached hydrogens (tertiary/aromatic N) is 1. The molecule has 0 aromatic carbocycles. The maximum absolute atomic E-state index is 12.2. The quantitative estimate of drug-likeness (QED) is 0.840. The molecule has 0 aliphatic heterocycles. The molecule has 0 spiro atoms. The number of rotatable bonds is 6. The minimum atomic E-state index is -2.60. The van der Waals surface area contributed by atoms with Crippen LogP contribution in [-0.2, 0) is 0 Å². The van der Waals surface area contributed by atoms with Crippen molar-refractivity contribution in [1.29, 1.82) is 0 Å². The van der Waals surface area contributed by atoms with Crippen molar-refractivity contribution < 1.29 is 23.4 Å². The fraction of sp³-hybridized carbons (Fsp3) is 0.571. The zero-order chi connectivity index (χ0) is 15.3. The van der Waals surface area contributed by atoms with Crippen molar-refractivity contribution in [2.45, 2.75) is 37.6 Å². The summed E-state index contributed by atoms with van der Waals surface area (Å²) in [5.41, 5.74) is -0.514. The van der Waals surface area contributed by atoms with Gasteiger partial charge < -0.3 is 15.2 Å². The topological polar surface area (TPSA) is 71.5 Å². The highest BCUT2D eigenvalue weighted by molar-refractivity contribution is 5.93. The first-order valence-corrected chi connectivity index (χ1v) is 6.86. The largest absolute Gasteiger partial charge is 0.472 e. The molecule has 1 aliphatic rings. The first kappa shape index (κ1) is 15.6. The van der Waals surface area contributed by atoms with E-state index in [1.54, 1.807) is 0 Å². The number of carbonyl (C=O) groups is 1. The van der Waals surface area contributed by atoms with Crippen LogP contribution in [0.4, 0.5) is 8.78 Å². The molecule has 2 N–H and O–H groups in total. The van der Waals surface area contributed by atoms with Gasteiger partial charge in [-0.3, -0.25) is 4.79 Å². The van der Waals surface area contributed by atoms with Crippen LogP contribution in [0.5, 0.6) is 5.88 Å². The lowest BCUT2D eigenvalue weighted by Gasteiger charge is -2.27. The number of halogens is 2. The molecular weight excluding hydrogens is 282 g/mol. The van der Waals surface area contributed by atoms with Gasteiger partial charge in [0.1, 0.15) is 5.69 Å². The third kappa shape index (κ3) is 4.10. The molecule has 1 amide bonds. The zero-order valence-electron chi connectivity index (χ0n) is 11.5. The molecule has 2 rings (SSSR count). The van der Waals surface area contributed by atoms with Crippen molar-refractivity contribution in [2.24, 2.45) is 0 Å². The van der Waals surface area contributed by atoms with Gasteiger partial charge in [0.25, 0.3) is 12.3 Å². The van der Waals surface area contributed by atoms with Crippen LogP contribution in [0, 0.1) is 0 Å². The van der Waals surface area contributed by atoms with Gasteiger partial charge in [0.15, 0.2) is 6.61 Å². The maximum Gasteiger partial charge on any atom is 0.272 e. The molecule has 0 unspecified atom stereocenters. The molecule has 116 valence electrons. The highest BCUT2D eigenvalue weighted by Gasteiger charge is 2.35. The molecule has 0 atom stereocenters. The van der Waals surface area contributed by atoms with Crippen LogP contribution in [-0.4, -0.2) is 41.2 Å². The highest BCUT2D eigenvalue weighted by Crippen LogP contribution is 2.29. The molecule has 7 heteroatoms. The minimum Gasteiger partial charge on any atom is -0.472 e. The Bertz CT molecular complexity index is 491. The number of hydrogen-bond donors (Lipinski definition) is 2. The second kappa shape index (κ2) is 6.80. The van der Waals surface area contributed by atoms with Crippen molar-refractivity contribution in [3.05, 3.63) is 23.9 Å². The zero-order valence-corrected chi connectivity index (χ0v) is 11.5. The van der Waals surface area contributed by atoms with Gasteiger partial charge in [-0.15, -0.1) is 0 Å². The summed E-state index contributed by atoms with van der Waals surface area (Å²) in [6, 6.07) is 4.41. The van der Waals surface area contributed by atoms with Gasteiger partial charge in [-0.1, -0.05) is 18.9 Å². The van der Waals surface area contributed by atoms with E-state index in [9.17, 15) is 18.7 Å². The number of carbonyl (C=O) groups excluding carboxylic acids is 1. The van der Waals surface area contributed by atoms with Crippen LogP contribution >= 0.6 is 0 Å². The van der Waals surface area contributed by atoms with E-state index in [1.807, 2.05) is 0 Å². The van der Waals surface area contributed by atoms with E-state index < -0.39 is 24.5 Å². The summed E-state index contributed by atoms with van der Waals surface area (Å²) >= 11 is 0. The van der Waals surface area contributed by atoms with Crippen molar-refractivity contribution in [3.63, 3.8) is 0 Å². The summed E-state index contributed by atoms with van der Waals surface area (Å²) in [5.74, 6) is -0.458. The van der Waals surface area contributed by atoms with E-state index >= 15 is 0 Å². The number of hydrogen-bond acceptors (Lipinski definition) is 4. The average Bonchev–Trinajstić information content (AvgIpc) is 2.94. The molecule has 21 heavy (non-hydrogen) atoms. The van der Waals surface area contributed by atoms with Crippen LogP contribution in [0.15, 0.2) is 18.2 Å². The summed E-state index contributed by atoms with van der Waals surface area (Å²) in [6.45, 7) is -0.890. The van der Waals surface area contributed by atoms with Gasteiger partial charge in [0, 0.05) is 6.07 Å². The fourth-order valence-electron chi connectivity index (χ4n) is 2.45. The monoisotopic (exact) mass is 300 g/mol. The minimum absolute atomic E-state index is 0.0209. The predicted octanol–water partition coefficient (Wildman–Crippen LogP) is 1.76. The fourth-order valence-corrected chi connectivity index (χ4v) is 2.45. The molecule has 1 aromatic rings. The number of nitrogens with one attached hydrogen (secondary N) is 1. The summed E-state index contributed by atoms with van der Waals surface area (Å²) in [7, 11) is 0. The number of aliphatic hydroxyl groups excluding tert-OH is 1. The predicted molar refractivity (Wildman–Crippen MR) is 71.5 cm³/mol. The third-order valence-corrected chi connectivity index (χ3v) is 3.56. The lowest BCUT2D eigenvalue weighted by Crippen LogP contribution is -2.49. The number of amides is 1. The van der Waals surface area contributed by atoms with Crippen molar-refractivity contribution >= 4 is 5.91 Å². The normalized spacial score (nSPS) is 17.0. The van der Waals surface area contributed by atoms with Crippen molar-refractivity contribution in [2.75, 3.05) is 13.2 Å². The number of aromatic nitrogens is 1. The van der Waals surface area contributed by atoms with E-state index in [-0.39, 0.29) is 18.2 Å². The number of ether oxygens (including phenoxy) is 1. The first-order chi connectivity index (χ1) is 10.0. The van der Waals surface area contributed by atoms with E-state index in [2.05, 4.69) is 10.3 Å². The van der Waals surface area contributed by atoms with Crippen LogP contribution in [0.3, 0.4) is 0 Å². The molecule has 1 aromatic heterocycles. The average molecular weight is 300 g/mol. The van der Waals surface area contributed by atoms with Crippen molar-refractivity contribution in [3.8, 4) is 5.88 Å². The molecule has 0 radical (unpaired) electrons. The highest BCUT2D eigenvalue weighted by atomic mass is 19.3. The lowest BCUT2D eigenvalue weighted by molar-refractivity contribution is 0.0784. The van der Waals surface area contributed by atoms with Crippen LogP contribution in [0.25, 0.3) is 0 Å². The standard InChI is InChI=1S/C14H18F2N2O3/c15-11(16)8-21-12-5-3-4-10(17-12)13(20)18-14(9-19)6-1-2-7-14/h3-5,11,19H,1-2,6-9H2,(H,18,20). The van der Waals surface area contributed by atoms with Crippen LogP contribution in [0.2, 0.25) is 0 Å². The van der Waals surface area contributed by atoms with Gasteiger partial charge in [-0.25, -0.2) is 13.8 Å². The molecule has 1 aliphatic carbocycles. The molecule has 1 fully saturated rings. The number of aliphatic hydroxyl groups is 1. The number of alkyl halides is 2. The number of pyridine rings is 1. The van der Waals surface area contributed by atoms with E-state index in [1.165, 1.54) is 18.2 Å². The smallest absolute Gasteiger partial charge is 0.272 e. The van der Waals surface area contributed by atoms with Gasteiger partial charge in [-0.2, -0.15) is 0 Å². The Morgan fingerprint density at radius 1 is 1.43 bits per heavy atom. The Morgan fingerprint density at radius 3 is 2.76 bits per heavy atom.